The summed E-state index contributed by atoms with van der Waals surface area (Å²) >= 11 is 0. The molecule has 2 rings (SSSR count). The summed E-state index contributed by atoms with van der Waals surface area (Å²) in [7, 11) is 0. The molecule has 0 aliphatic heterocycles. The van der Waals surface area contributed by atoms with Crippen LogP contribution >= 0.6 is 0 Å². The molecule has 0 unspecified atom stereocenters. The van der Waals surface area contributed by atoms with E-state index in [1.54, 1.807) is 18.2 Å². The van der Waals surface area contributed by atoms with Crippen LogP contribution in [0.15, 0.2) is 48.5 Å². The maximum absolute atomic E-state index is 10.9. The summed E-state index contributed by atoms with van der Waals surface area (Å²) in [5.41, 5.74) is 1.75. The van der Waals surface area contributed by atoms with Crippen molar-refractivity contribution >= 4 is 12.6 Å². The number of carbonyl (C=O) groups is 2. The molecule has 0 bridgehead atoms. The Morgan fingerprint density at radius 3 is 2.00 bits per heavy atom. The van der Waals surface area contributed by atoms with Crippen molar-refractivity contribution in [3.05, 3.63) is 65.2 Å². The number of benzene rings is 2. The number of carbonyl (C=O) groups excluding carboxylic acids is 2. The van der Waals surface area contributed by atoms with Crippen molar-refractivity contribution in [2.75, 3.05) is 0 Å². The second-order valence-corrected chi connectivity index (χ2v) is 3.78. The first-order valence-electron chi connectivity index (χ1n) is 5.55. The Balaban J connectivity index is 2.23. The van der Waals surface area contributed by atoms with Gasteiger partial charge in [0, 0.05) is 0 Å². The van der Waals surface area contributed by atoms with Gasteiger partial charge in [-0.1, -0.05) is 36.4 Å². The van der Waals surface area contributed by atoms with Gasteiger partial charge in [0.2, 0.25) is 0 Å². The van der Waals surface area contributed by atoms with Crippen LogP contribution in [0.3, 0.4) is 0 Å². The topological polar surface area (TPSA) is 43.4 Å². The van der Waals surface area contributed by atoms with E-state index in [4.69, 9.17) is 4.74 Å². The molecule has 3 nitrogen and oxygen atoms in total. The summed E-state index contributed by atoms with van der Waals surface area (Å²) in [4.78, 5) is 21.8. The number of hydrogen-bond donors (Lipinski definition) is 0. The van der Waals surface area contributed by atoms with Crippen LogP contribution in [0.2, 0.25) is 0 Å². The van der Waals surface area contributed by atoms with Crippen LogP contribution in [0.5, 0.6) is 5.75 Å². The highest BCUT2D eigenvalue weighted by molar-refractivity contribution is 5.88. The zero-order valence-corrected chi connectivity index (χ0v) is 9.71. The first-order chi connectivity index (χ1) is 8.85. The third kappa shape index (κ3) is 2.63. The summed E-state index contributed by atoms with van der Waals surface area (Å²) in [6.45, 7) is 0.326. The van der Waals surface area contributed by atoms with E-state index in [-0.39, 0.29) is 0 Å². The fourth-order valence-corrected chi connectivity index (χ4v) is 1.66. The van der Waals surface area contributed by atoms with Crippen LogP contribution in [-0.4, -0.2) is 12.6 Å². The van der Waals surface area contributed by atoms with Crippen molar-refractivity contribution in [1.29, 1.82) is 0 Å². The smallest absolute Gasteiger partial charge is 0.153 e. The average Bonchev–Trinajstić information content (AvgIpc) is 2.45. The van der Waals surface area contributed by atoms with Gasteiger partial charge in [0.25, 0.3) is 0 Å². The highest BCUT2D eigenvalue weighted by Crippen LogP contribution is 2.22. The average molecular weight is 240 g/mol. The van der Waals surface area contributed by atoms with E-state index in [2.05, 4.69) is 0 Å². The molecule has 2 aromatic rings. The molecule has 3 heteroatoms. The largest absolute Gasteiger partial charge is 0.487 e. The van der Waals surface area contributed by atoms with E-state index >= 15 is 0 Å². The van der Waals surface area contributed by atoms with Crippen LogP contribution in [0.1, 0.15) is 26.3 Å². The molecule has 0 spiro atoms. The quantitative estimate of drug-likeness (QED) is 0.755. The summed E-state index contributed by atoms with van der Waals surface area (Å²) in [5.74, 6) is 0.339. The molecule has 0 heterocycles. The number of hydrogen-bond acceptors (Lipinski definition) is 3. The van der Waals surface area contributed by atoms with Crippen LogP contribution in [-0.2, 0) is 6.61 Å². The number of rotatable bonds is 5. The molecule has 0 aliphatic carbocycles. The lowest BCUT2D eigenvalue weighted by Gasteiger charge is -2.10. The Bertz CT molecular complexity index is 521. The van der Waals surface area contributed by atoms with E-state index < -0.39 is 0 Å². The van der Waals surface area contributed by atoms with E-state index in [9.17, 15) is 9.59 Å². The van der Waals surface area contributed by atoms with Crippen molar-refractivity contribution in [3.8, 4) is 5.75 Å². The normalized spacial score (nSPS) is 9.78. The lowest BCUT2D eigenvalue weighted by Crippen LogP contribution is -2.01. The summed E-state index contributed by atoms with van der Waals surface area (Å²) in [6, 6.07) is 14.5. The van der Waals surface area contributed by atoms with Gasteiger partial charge in [-0.05, 0) is 17.7 Å². The first kappa shape index (κ1) is 12.0. The maximum Gasteiger partial charge on any atom is 0.153 e. The zero-order chi connectivity index (χ0) is 12.8. The predicted molar refractivity (Wildman–Crippen MR) is 68.0 cm³/mol. The molecule has 0 amide bonds. The molecule has 18 heavy (non-hydrogen) atoms. The van der Waals surface area contributed by atoms with Gasteiger partial charge < -0.3 is 4.74 Å². The van der Waals surface area contributed by atoms with Gasteiger partial charge in [0.1, 0.15) is 12.4 Å². The Morgan fingerprint density at radius 2 is 1.44 bits per heavy atom. The first-order valence-corrected chi connectivity index (χ1v) is 5.55. The second-order valence-electron chi connectivity index (χ2n) is 3.78. The molecule has 0 N–H and O–H groups in total. The Labute approximate surface area is 105 Å². The van der Waals surface area contributed by atoms with Crippen molar-refractivity contribution in [2.24, 2.45) is 0 Å². The SMILES string of the molecule is O=Cc1cccc(C=O)c1OCc1ccccc1. The van der Waals surface area contributed by atoms with Gasteiger partial charge in [-0.3, -0.25) is 9.59 Å². The molecule has 0 radical (unpaired) electrons. The molecular weight excluding hydrogens is 228 g/mol. The molecule has 0 saturated heterocycles. The van der Waals surface area contributed by atoms with Crippen molar-refractivity contribution in [1.82, 2.24) is 0 Å². The van der Waals surface area contributed by atoms with Gasteiger partial charge in [0.15, 0.2) is 12.6 Å². The Hall–Kier alpha value is -2.42. The fourth-order valence-electron chi connectivity index (χ4n) is 1.66. The number of para-hydroxylation sites is 1. The van der Waals surface area contributed by atoms with Crippen LogP contribution in [0.4, 0.5) is 0 Å². The molecule has 0 aromatic heterocycles. The van der Waals surface area contributed by atoms with Gasteiger partial charge >= 0.3 is 0 Å². The Kier molecular flexibility index (Phi) is 3.86. The molecule has 0 atom stereocenters. The van der Waals surface area contributed by atoms with E-state index in [0.717, 1.165) is 5.56 Å². The van der Waals surface area contributed by atoms with Crippen LogP contribution in [0, 0.1) is 0 Å². The summed E-state index contributed by atoms with van der Waals surface area (Å²) in [6.07, 6.45) is 1.38. The van der Waals surface area contributed by atoms with Crippen molar-refractivity contribution < 1.29 is 14.3 Å². The molecule has 0 saturated carbocycles. The lowest BCUT2D eigenvalue weighted by atomic mass is 10.1. The van der Waals surface area contributed by atoms with Crippen LogP contribution in [0.25, 0.3) is 0 Å². The lowest BCUT2D eigenvalue weighted by molar-refractivity contribution is 0.111. The minimum absolute atomic E-state index is 0.326. The van der Waals surface area contributed by atoms with Gasteiger partial charge in [-0.15, -0.1) is 0 Å². The Morgan fingerprint density at radius 1 is 0.833 bits per heavy atom. The molecule has 90 valence electrons. The standard InChI is InChI=1S/C15H12O3/c16-9-13-7-4-8-14(10-17)15(13)18-11-12-5-2-1-3-6-12/h1-10H,11H2. The minimum atomic E-state index is 0.326. The van der Waals surface area contributed by atoms with Gasteiger partial charge in [-0.25, -0.2) is 0 Å². The van der Waals surface area contributed by atoms with E-state index in [1.165, 1.54) is 0 Å². The van der Waals surface area contributed by atoms with Gasteiger partial charge in [-0.2, -0.15) is 0 Å². The molecule has 0 fully saturated rings. The molecule has 0 aliphatic rings. The molecular formula is C15H12O3. The predicted octanol–water partition coefficient (Wildman–Crippen LogP) is 2.89. The van der Waals surface area contributed by atoms with E-state index in [0.29, 0.717) is 36.1 Å². The summed E-state index contributed by atoms with van der Waals surface area (Å²) < 4.78 is 5.57. The fraction of sp³-hybridized carbons (Fsp3) is 0.0667. The highest BCUT2D eigenvalue weighted by Gasteiger charge is 2.08. The summed E-state index contributed by atoms with van der Waals surface area (Å²) in [5, 5.41) is 0. The molecule has 2 aromatic carbocycles. The zero-order valence-electron chi connectivity index (χ0n) is 9.71. The van der Waals surface area contributed by atoms with Crippen molar-refractivity contribution in [3.63, 3.8) is 0 Å². The second kappa shape index (κ2) is 5.77. The number of ether oxygens (including phenoxy) is 1. The minimum Gasteiger partial charge on any atom is -0.487 e. The monoisotopic (exact) mass is 240 g/mol. The van der Waals surface area contributed by atoms with Crippen molar-refractivity contribution in [2.45, 2.75) is 6.61 Å². The highest BCUT2D eigenvalue weighted by atomic mass is 16.5. The third-order valence-electron chi connectivity index (χ3n) is 2.56. The van der Waals surface area contributed by atoms with Gasteiger partial charge in [0.05, 0.1) is 11.1 Å². The maximum atomic E-state index is 10.9. The van der Waals surface area contributed by atoms with Crippen LogP contribution < -0.4 is 4.74 Å². The van der Waals surface area contributed by atoms with E-state index in [1.807, 2.05) is 30.3 Å². The third-order valence-corrected chi connectivity index (χ3v) is 2.56. The number of aldehydes is 2.